The Labute approximate surface area is 120 Å². The number of hydrogen-bond acceptors (Lipinski definition) is 6. The van der Waals surface area contributed by atoms with Gasteiger partial charge in [0.1, 0.15) is 10.4 Å². The van der Waals surface area contributed by atoms with Crippen molar-refractivity contribution >= 4 is 21.8 Å². The number of hydrogen-bond donors (Lipinski definition) is 2. The Morgan fingerprint density at radius 3 is 2.43 bits per heavy atom. The number of nitrogens with zero attached hydrogens (tertiary/aromatic N) is 2. The van der Waals surface area contributed by atoms with Crippen molar-refractivity contribution in [3.05, 3.63) is 28.4 Å². The Kier molecular flexibility index (Phi) is 3.92. The van der Waals surface area contributed by atoms with E-state index in [0.29, 0.717) is 12.8 Å². The number of sulfonamides is 1. The van der Waals surface area contributed by atoms with Crippen molar-refractivity contribution in [2.75, 3.05) is 0 Å². The summed E-state index contributed by atoms with van der Waals surface area (Å²) in [6.07, 6.45) is 2.50. The number of aromatic nitrogens is 1. The van der Waals surface area contributed by atoms with Crippen LogP contribution < -0.4 is 4.72 Å². The minimum Gasteiger partial charge on any atom is -0.480 e. The molecule has 2 rings (SSSR count). The number of pyridine rings is 1. The molecule has 0 amide bonds. The molecule has 0 saturated heterocycles. The second-order valence-corrected chi connectivity index (χ2v) is 6.49. The van der Waals surface area contributed by atoms with Crippen molar-refractivity contribution in [3.8, 4) is 0 Å². The number of carbonyl (C=O) groups is 1. The molecule has 0 bridgehead atoms. The molecule has 114 valence electrons. The molecule has 1 heterocycles. The van der Waals surface area contributed by atoms with Gasteiger partial charge in [0.25, 0.3) is 0 Å². The zero-order valence-electron chi connectivity index (χ0n) is 10.9. The molecule has 1 aliphatic carbocycles. The molecule has 0 spiro atoms. The van der Waals surface area contributed by atoms with Gasteiger partial charge in [-0.3, -0.25) is 4.79 Å². The lowest BCUT2D eigenvalue weighted by Gasteiger charge is -2.24. The first-order chi connectivity index (χ1) is 9.77. The predicted octanol–water partition coefficient (Wildman–Crippen LogP) is 0.665. The number of rotatable bonds is 5. The molecule has 0 aliphatic heterocycles. The van der Waals surface area contributed by atoms with Crippen LogP contribution in [0.5, 0.6) is 0 Å². The molecule has 1 aromatic rings. The van der Waals surface area contributed by atoms with Crippen LogP contribution in [-0.2, 0) is 14.8 Å². The van der Waals surface area contributed by atoms with E-state index >= 15 is 0 Å². The highest BCUT2D eigenvalue weighted by atomic mass is 32.2. The maximum absolute atomic E-state index is 12.2. The number of nitro groups is 1. The number of carboxylic acid groups (broad SMARTS) is 1. The Hall–Kier alpha value is -2.07. The molecule has 0 aromatic carbocycles. The lowest BCUT2D eigenvalue weighted by molar-refractivity contribution is -0.389. The van der Waals surface area contributed by atoms with Crippen molar-refractivity contribution in [1.29, 1.82) is 0 Å². The van der Waals surface area contributed by atoms with E-state index in [0.717, 1.165) is 18.3 Å². The van der Waals surface area contributed by atoms with Crippen molar-refractivity contribution in [2.45, 2.75) is 36.1 Å². The van der Waals surface area contributed by atoms with Crippen molar-refractivity contribution < 1.29 is 23.2 Å². The van der Waals surface area contributed by atoms with E-state index in [-0.39, 0.29) is 17.7 Å². The Morgan fingerprint density at radius 2 is 2.00 bits per heavy atom. The second kappa shape index (κ2) is 5.37. The smallest absolute Gasteiger partial charge is 0.363 e. The lowest BCUT2D eigenvalue weighted by Crippen LogP contribution is -2.52. The quantitative estimate of drug-likeness (QED) is 0.601. The van der Waals surface area contributed by atoms with Gasteiger partial charge in [-0.1, -0.05) is 12.8 Å². The molecule has 21 heavy (non-hydrogen) atoms. The van der Waals surface area contributed by atoms with Gasteiger partial charge in [0, 0.05) is 6.07 Å². The van der Waals surface area contributed by atoms with Gasteiger partial charge in [-0.2, -0.15) is 4.72 Å². The summed E-state index contributed by atoms with van der Waals surface area (Å²) in [5.41, 5.74) is -1.51. The third-order valence-electron chi connectivity index (χ3n) is 3.41. The fraction of sp³-hybridized carbons (Fsp3) is 0.455. The third kappa shape index (κ3) is 3.00. The zero-order valence-corrected chi connectivity index (χ0v) is 11.7. The van der Waals surface area contributed by atoms with E-state index < -0.39 is 32.3 Å². The van der Waals surface area contributed by atoms with Crippen LogP contribution in [0.1, 0.15) is 25.7 Å². The Balaban J connectivity index is 2.29. The van der Waals surface area contributed by atoms with Gasteiger partial charge in [-0.25, -0.2) is 8.42 Å². The first kappa shape index (κ1) is 15.3. The van der Waals surface area contributed by atoms with Crippen molar-refractivity contribution in [1.82, 2.24) is 9.71 Å². The van der Waals surface area contributed by atoms with Gasteiger partial charge in [-0.15, -0.1) is 0 Å². The summed E-state index contributed by atoms with van der Waals surface area (Å²) in [6.45, 7) is 0. The van der Waals surface area contributed by atoms with Crippen molar-refractivity contribution in [3.63, 3.8) is 0 Å². The molecule has 0 atom stereocenters. The van der Waals surface area contributed by atoms with Gasteiger partial charge in [0.2, 0.25) is 10.0 Å². The van der Waals surface area contributed by atoms with Gasteiger partial charge < -0.3 is 15.2 Å². The van der Waals surface area contributed by atoms with E-state index in [9.17, 15) is 28.4 Å². The Bertz CT molecular complexity index is 664. The molecule has 0 unspecified atom stereocenters. The van der Waals surface area contributed by atoms with Crippen LogP contribution in [-0.4, -0.2) is 34.9 Å². The molecule has 0 radical (unpaired) electrons. The summed E-state index contributed by atoms with van der Waals surface area (Å²) in [6, 6.07) is 1.98. The van der Waals surface area contributed by atoms with E-state index in [2.05, 4.69) is 9.71 Å². The highest BCUT2D eigenvalue weighted by molar-refractivity contribution is 7.89. The van der Waals surface area contributed by atoms with E-state index in [4.69, 9.17) is 0 Å². The predicted molar refractivity (Wildman–Crippen MR) is 70.0 cm³/mol. The van der Waals surface area contributed by atoms with Crippen LogP contribution in [0.4, 0.5) is 5.82 Å². The van der Waals surface area contributed by atoms with Gasteiger partial charge in [-0.05, 0) is 28.8 Å². The summed E-state index contributed by atoms with van der Waals surface area (Å²) >= 11 is 0. The van der Waals surface area contributed by atoms with Crippen LogP contribution in [0.15, 0.2) is 23.2 Å². The summed E-state index contributed by atoms with van der Waals surface area (Å²) in [5.74, 6) is -1.71. The number of aliphatic carboxylic acids is 1. The van der Waals surface area contributed by atoms with Crippen LogP contribution in [0.25, 0.3) is 0 Å². The van der Waals surface area contributed by atoms with E-state index in [1.165, 1.54) is 0 Å². The minimum atomic E-state index is -4.11. The van der Waals surface area contributed by atoms with Crippen molar-refractivity contribution in [2.24, 2.45) is 0 Å². The van der Waals surface area contributed by atoms with E-state index in [1.54, 1.807) is 0 Å². The zero-order chi connectivity index (χ0) is 15.7. The molecular weight excluding hydrogens is 302 g/mol. The van der Waals surface area contributed by atoms with E-state index in [1.807, 2.05) is 0 Å². The highest BCUT2D eigenvalue weighted by Crippen LogP contribution is 2.31. The molecule has 1 aliphatic rings. The van der Waals surface area contributed by atoms with Crippen LogP contribution >= 0.6 is 0 Å². The second-order valence-electron chi connectivity index (χ2n) is 4.81. The summed E-state index contributed by atoms with van der Waals surface area (Å²) < 4.78 is 26.6. The highest BCUT2D eigenvalue weighted by Gasteiger charge is 2.45. The monoisotopic (exact) mass is 315 g/mol. The maximum atomic E-state index is 12.2. The maximum Gasteiger partial charge on any atom is 0.363 e. The molecule has 1 fully saturated rings. The lowest BCUT2D eigenvalue weighted by atomic mass is 10.0. The third-order valence-corrected chi connectivity index (χ3v) is 4.94. The molecule has 2 N–H and O–H groups in total. The standard InChI is InChI=1S/C11H13N3O6S/c15-10(16)11(5-1-2-6-11)13-21(19,20)8-3-4-9(12-7-8)14(17)18/h3-4,7,13H,1-2,5-6H2,(H,15,16). The minimum absolute atomic E-state index is 0.210. The normalized spacial score (nSPS) is 17.5. The summed E-state index contributed by atoms with van der Waals surface area (Å²) in [4.78, 5) is 24.2. The largest absolute Gasteiger partial charge is 0.480 e. The topological polar surface area (TPSA) is 140 Å². The molecule has 1 aromatic heterocycles. The number of carboxylic acids is 1. The van der Waals surface area contributed by atoms with Gasteiger partial charge in [0.05, 0.1) is 0 Å². The van der Waals surface area contributed by atoms with Gasteiger partial charge in [0.15, 0.2) is 6.20 Å². The van der Waals surface area contributed by atoms with Gasteiger partial charge >= 0.3 is 11.8 Å². The van der Waals surface area contributed by atoms with Crippen LogP contribution in [0.2, 0.25) is 0 Å². The molecular formula is C11H13N3O6S. The molecule has 10 heteroatoms. The average molecular weight is 315 g/mol. The Morgan fingerprint density at radius 1 is 1.38 bits per heavy atom. The first-order valence-corrected chi connectivity index (χ1v) is 7.63. The number of nitrogens with one attached hydrogen (secondary N) is 1. The SMILES string of the molecule is O=C(O)C1(NS(=O)(=O)c2ccc([N+](=O)[O-])nc2)CCCC1. The summed E-state index contributed by atoms with van der Waals surface area (Å²) in [5, 5.41) is 19.7. The molecule has 9 nitrogen and oxygen atoms in total. The van der Waals surface area contributed by atoms with Crippen LogP contribution in [0.3, 0.4) is 0 Å². The van der Waals surface area contributed by atoms with Crippen LogP contribution in [0, 0.1) is 10.1 Å². The molecule has 1 saturated carbocycles. The summed E-state index contributed by atoms with van der Waals surface area (Å²) in [7, 11) is -4.11. The average Bonchev–Trinajstić information content (AvgIpc) is 2.88. The fourth-order valence-electron chi connectivity index (χ4n) is 2.29. The first-order valence-electron chi connectivity index (χ1n) is 6.15. The fourth-order valence-corrected chi connectivity index (χ4v) is 3.66.